The second-order valence-electron chi connectivity index (χ2n) is 4.47. The largest absolute Gasteiger partial charge is 0.489 e. The second-order valence-corrected chi connectivity index (χ2v) is 5.29. The van der Waals surface area contributed by atoms with Crippen molar-refractivity contribution in [1.82, 2.24) is 10.2 Å². The number of halogens is 2. The first-order chi connectivity index (χ1) is 8.70. The molecule has 1 aliphatic rings. The zero-order valence-corrected chi connectivity index (χ0v) is 12.0. The van der Waals surface area contributed by atoms with Gasteiger partial charge in [-0.2, -0.15) is 0 Å². The van der Waals surface area contributed by atoms with Gasteiger partial charge in [0.1, 0.15) is 6.61 Å². The van der Waals surface area contributed by atoms with E-state index in [1.807, 2.05) is 13.1 Å². The summed E-state index contributed by atoms with van der Waals surface area (Å²) in [5.41, 5.74) is 0. The quantitative estimate of drug-likeness (QED) is 0.902. The summed E-state index contributed by atoms with van der Waals surface area (Å²) in [5.74, 6) is 0.588. The number of para-hydroxylation sites is 1. The zero-order chi connectivity index (χ0) is 13.0. The van der Waals surface area contributed by atoms with E-state index in [1.165, 1.54) is 6.42 Å². The van der Waals surface area contributed by atoms with Crippen molar-refractivity contribution in [3.63, 3.8) is 0 Å². The third kappa shape index (κ3) is 3.51. The van der Waals surface area contributed by atoms with Crippen molar-refractivity contribution >= 4 is 23.2 Å². The minimum atomic E-state index is 0.567. The van der Waals surface area contributed by atoms with E-state index in [1.54, 1.807) is 12.1 Å². The summed E-state index contributed by atoms with van der Waals surface area (Å²) in [5, 5.41) is 4.43. The Bertz CT molecular complexity index is 380. The van der Waals surface area contributed by atoms with Crippen molar-refractivity contribution < 1.29 is 4.74 Å². The molecule has 1 atom stereocenters. The normalized spacial score (nSPS) is 20.3. The minimum absolute atomic E-state index is 0.567. The second kappa shape index (κ2) is 6.62. The molecule has 0 amide bonds. The van der Waals surface area contributed by atoms with E-state index in [9.17, 15) is 0 Å². The van der Waals surface area contributed by atoms with Crippen LogP contribution in [0.2, 0.25) is 10.0 Å². The molecule has 0 radical (unpaired) electrons. The molecule has 1 saturated heterocycles. The molecule has 1 aliphatic heterocycles. The number of ether oxygens (including phenoxy) is 1. The van der Waals surface area contributed by atoms with Crippen LogP contribution in [0.25, 0.3) is 0 Å². The van der Waals surface area contributed by atoms with Gasteiger partial charge in [-0.05, 0) is 32.1 Å². The third-order valence-corrected chi connectivity index (χ3v) is 3.85. The SMILES string of the molecule is CNC1CCN(CCOc2c(Cl)cccc2Cl)C1. The smallest absolute Gasteiger partial charge is 0.156 e. The molecule has 0 aromatic heterocycles. The fraction of sp³-hybridized carbons (Fsp3) is 0.538. The minimum Gasteiger partial charge on any atom is -0.489 e. The van der Waals surface area contributed by atoms with Gasteiger partial charge in [-0.3, -0.25) is 4.90 Å². The lowest BCUT2D eigenvalue weighted by molar-refractivity contribution is 0.235. The fourth-order valence-electron chi connectivity index (χ4n) is 2.17. The van der Waals surface area contributed by atoms with E-state index in [4.69, 9.17) is 27.9 Å². The summed E-state index contributed by atoms with van der Waals surface area (Å²) in [7, 11) is 2.01. The van der Waals surface area contributed by atoms with Crippen molar-refractivity contribution in [3.05, 3.63) is 28.2 Å². The van der Waals surface area contributed by atoms with Gasteiger partial charge in [0.15, 0.2) is 5.75 Å². The van der Waals surface area contributed by atoms with Crippen molar-refractivity contribution in [2.24, 2.45) is 0 Å². The predicted molar refractivity (Wildman–Crippen MR) is 75.9 cm³/mol. The number of nitrogens with one attached hydrogen (secondary N) is 1. The number of rotatable bonds is 5. The van der Waals surface area contributed by atoms with Gasteiger partial charge in [-0.25, -0.2) is 0 Å². The first kappa shape index (κ1) is 13.9. The molecular weight excluding hydrogens is 271 g/mol. The average Bonchev–Trinajstić information content (AvgIpc) is 2.81. The highest BCUT2D eigenvalue weighted by Crippen LogP contribution is 2.32. The Morgan fingerprint density at radius 1 is 1.39 bits per heavy atom. The van der Waals surface area contributed by atoms with Crippen molar-refractivity contribution in [2.75, 3.05) is 33.3 Å². The van der Waals surface area contributed by atoms with Gasteiger partial charge in [0, 0.05) is 19.1 Å². The maximum Gasteiger partial charge on any atom is 0.156 e. The van der Waals surface area contributed by atoms with Gasteiger partial charge in [0.2, 0.25) is 0 Å². The Hall–Kier alpha value is -0.480. The summed E-state index contributed by atoms with van der Waals surface area (Å²) in [6.07, 6.45) is 1.20. The van der Waals surface area contributed by atoms with Crippen LogP contribution in [0.15, 0.2) is 18.2 Å². The Morgan fingerprint density at radius 3 is 2.72 bits per heavy atom. The Kier molecular flexibility index (Phi) is 5.13. The lowest BCUT2D eigenvalue weighted by Gasteiger charge is -2.17. The van der Waals surface area contributed by atoms with Crippen molar-refractivity contribution in [1.29, 1.82) is 0 Å². The molecule has 5 heteroatoms. The number of hydrogen-bond acceptors (Lipinski definition) is 3. The van der Waals surface area contributed by atoms with Crippen molar-refractivity contribution in [2.45, 2.75) is 12.5 Å². The van der Waals surface area contributed by atoms with Crippen LogP contribution in [-0.4, -0.2) is 44.2 Å². The molecule has 1 heterocycles. The summed E-state index contributed by atoms with van der Waals surface area (Å²) in [6.45, 7) is 3.71. The van der Waals surface area contributed by atoms with E-state index >= 15 is 0 Å². The Morgan fingerprint density at radius 2 is 2.11 bits per heavy atom. The molecule has 1 fully saturated rings. The number of likely N-dealkylation sites (N-methyl/N-ethyl adjacent to an activating group) is 1. The van der Waals surface area contributed by atoms with Crippen LogP contribution in [0.1, 0.15) is 6.42 Å². The third-order valence-electron chi connectivity index (χ3n) is 3.25. The monoisotopic (exact) mass is 288 g/mol. The topological polar surface area (TPSA) is 24.5 Å². The molecular formula is C13H18Cl2N2O. The van der Waals surface area contributed by atoms with Crippen LogP contribution in [0, 0.1) is 0 Å². The Labute approximate surface area is 118 Å². The molecule has 1 aromatic carbocycles. The summed E-state index contributed by atoms with van der Waals surface area (Å²) < 4.78 is 5.67. The van der Waals surface area contributed by atoms with Gasteiger partial charge < -0.3 is 10.1 Å². The lowest BCUT2D eigenvalue weighted by Crippen LogP contribution is -2.31. The standard InChI is InChI=1S/C13H18Cl2N2O/c1-16-10-5-6-17(9-10)7-8-18-13-11(14)3-2-4-12(13)15/h2-4,10,16H,5-9H2,1H3. The molecule has 0 spiro atoms. The van der Waals surface area contributed by atoms with Crippen LogP contribution in [-0.2, 0) is 0 Å². The van der Waals surface area contributed by atoms with E-state index in [0.717, 1.165) is 19.6 Å². The molecule has 18 heavy (non-hydrogen) atoms. The van der Waals surface area contributed by atoms with Gasteiger partial charge in [0.25, 0.3) is 0 Å². The highest BCUT2D eigenvalue weighted by atomic mass is 35.5. The maximum absolute atomic E-state index is 6.04. The van der Waals surface area contributed by atoms with Crippen molar-refractivity contribution in [3.8, 4) is 5.75 Å². The number of nitrogens with zero attached hydrogens (tertiary/aromatic N) is 1. The Balaban J connectivity index is 1.79. The maximum atomic E-state index is 6.04. The highest BCUT2D eigenvalue weighted by molar-refractivity contribution is 6.37. The van der Waals surface area contributed by atoms with Crippen LogP contribution in [0.3, 0.4) is 0 Å². The molecule has 1 N–H and O–H groups in total. The first-order valence-electron chi connectivity index (χ1n) is 6.17. The van der Waals surface area contributed by atoms with Gasteiger partial charge in [-0.15, -0.1) is 0 Å². The fourth-order valence-corrected chi connectivity index (χ4v) is 2.68. The predicted octanol–water partition coefficient (Wildman–Crippen LogP) is 2.67. The van der Waals surface area contributed by atoms with E-state index in [2.05, 4.69) is 10.2 Å². The zero-order valence-electron chi connectivity index (χ0n) is 10.5. The molecule has 0 bridgehead atoms. The van der Waals surface area contributed by atoms with Gasteiger partial charge in [0.05, 0.1) is 10.0 Å². The highest BCUT2D eigenvalue weighted by Gasteiger charge is 2.20. The van der Waals surface area contributed by atoms with Crippen LogP contribution < -0.4 is 10.1 Å². The van der Waals surface area contributed by atoms with Gasteiger partial charge >= 0.3 is 0 Å². The van der Waals surface area contributed by atoms with Crippen LogP contribution in [0.5, 0.6) is 5.75 Å². The molecule has 3 nitrogen and oxygen atoms in total. The molecule has 2 rings (SSSR count). The van der Waals surface area contributed by atoms with Crippen LogP contribution >= 0.6 is 23.2 Å². The lowest BCUT2D eigenvalue weighted by atomic mass is 10.3. The number of likely N-dealkylation sites (tertiary alicyclic amines) is 1. The van der Waals surface area contributed by atoms with Gasteiger partial charge in [-0.1, -0.05) is 29.3 Å². The number of hydrogen-bond donors (Lipinski definition) is 1. The van der Waals surface area contributed by atoms with E-state index < -0.39 is 0 Å². The summed E-state index contributed by atoms with van der Waals surface area (Å²) in [4.78, 5) is 2.38. The van der Waals surface area contributed by atoms with E-state index in [0.29, 0.717) is 28.4 Å². The molecule has 1 unspecified atom stereocenters. The van der Waals surface area contributed by atoms with E-state index in [-0.39, 0.29) is 0 Å². The van der Waals surface area contributed by atoms with Crippen LogP contribution in [0.4, 0.5) is 0 Å². The first-order valence-corrected chi connectivity index (χ1v) is 6.92. The molecule has 0 aliphatic carbocycles. The number of benzene rings is 1. The summed E-state index contributed by atoms with van der Waals surface area (Å²) >= 11 is 12.1. The molecule has 1 aromatic rings. The molecule has 0 saturated carbocycles. The molecule has 100 valence electrons. The summed E-state index contributed by atoms with van der Waals surface area (Å²) in [6, 6.07) is 6.00. The average molecular weight is 289 g/mol.